The Labute approximate surface area is 156 Å². The van der Waals surface area contributed by atoms with Crippen LogP contribution in [0.5, 0.6) is 0 Å². The normalized spacial score (nSPS) is 10.2. The summed E-state index contributed by atoms with van der Waals surface area (Å²) >= 11 is 11.8. The summed E-state index contributed by atoms with van der Waals surface area (Å²) in [5.41, 5.74) is 1.59. The van der Waals surface area contributed by atoms with Crippen LogP contribution in [0.2, 0.25) is 10.0 Å². The van der Waals surface area contributed by atoms with E-state index in [2.05, 4.69) is 10.6 Å². The van der Waals surface area contributed by atoms with Crippen LogP contribution in [0, 0.1) is 0 Å². The lowest BCUT2D eigenvalue weighted by atomic mass is 10.2. The van der Waals surface area contributed by atoms with Gasteiger partial charge in [-0.2, -0.15) is 0 Å². The first-order chi connectivity index (χ1) is 12.0. The molecule has 2 N–H and O–H groups in total. The fourth-order valence-corrected chi connectivity index (χ4v) is 2.49. The number of rotatable bonds is 6. The van der Waals surface area contributed by atoms with E-state index >= 15 is 0 Å². The van der Waals surface area contributed by atoms with E-state index in [0.29, 0.717) is 22.3 Å². The van der Waals surface area contributed by atoms with Crippen molar-refractivity contribution >= 4 is 40.8 Å². The molecule has 0 saturated heterocycles. The van der Waals surface area contributed by atoms with Crippen molar-refractivity contribution in [1.29, 1.82) is 0 Å². The van der Waals surface area contributed by atoms with Crippen LogP contribution in [0.1, 0.15) is 12.0 Å². The maximum Gasteiger partial charge on any atom is 0.319 e. The van der Waals surface area contributed by atoms with Gasteiger partial charge in [-0.1, -0.05) is 47.5 Å². The molecule has 132 valence electrons. The molecule has 0 fully saturated rings. The Morgan fingerprint density at radius 3 is 2.44 bits per heavy atom. The molecule has 0 aliphatic heterocycles. The maximum absolute atomic E-state index is 12.1. The lowest BCUT2D eigenvalue weighted by molar-refractivity contribution is -0.130. The minimum atomic E-state index is -0.342. The summed E-state index contributed by atoms with van der Waals surface area (Å²) in [5, 5.41) is 6.29. The Morgan fingerprint density at radius 2 is 1.76 bits per heavy atom. The first-order valence-corrected chi connectivity index (χ1v) is 8.49. The number of para-hydroxylation sites is 1. The molecule has 5 nitrogen and oxygen atoms in total. The van der Waals surface area contributed by atoms with Gasteiger partial charge in [0.15, 0.2) is 0 Å². The number of anilines is 1. The van der Waals surface area contributed by atoms with Gasteiger partial charge < -0.3 is 15.5 Å². The summed E-state index contributed by atoms with van der Waals surface area (Å²) < 4.78 is 0. The van der Waals surface area contributed by atoms with Crippen molar-refractivity contribution in [3.05, 3.63) is 64.1 Å². The highest BCUT2D eigenvalue weighted by molar-refractivity contribution is 6.42. The molecule has 0 aliphatic carbocycles. The summed E-state index contributed by atoms with van der Waals surface area (Å²) in [4.78, 5) is 25.5. The first kappa shape index (κ1) is 19.1. The van der Waals surface area contributed by atoms with Crippen LogP contribution in [0.3, 0.4) is 0 Å². The van der Waals surface area contributed by atoms with E-state index in [1.807, 2.05) is 24.3 Å². The Kier molecular flexibility index (Phi) is 7.10. The van der Waals surface area contributed by atoms with Gasteiger partial charge in [0, 0.05) is 32.2 Å². The Bertz CT molecular complexity index is 738. The molecule has 0 heterocycles. The Balaban J connectivity index is 1.73. The maximum atomic E-state index is 12.1. The average molecular weight is 380 g/mol. The van der Waals surface area contributed by atoms with E-state index in [0.717, 1.165) is 5.56 Å². The van der Waals surface area contributed by atoms with Crippen molar-refractivity contribution in [3.63, 3.8) is 0 Å². The third kappa shape index (κ3) is 6.29. The lowest BCUT2D eigenvalue weighted by Gasteiger charge is -2.18. The largest absolute Gasteiger partial charge is 0.341 e. The number of nitrogens with zero attached hydrogens (tertiary/aromatic N) is 1. The van der Waals surface area contributed by atoms with E-state index in [4.69, 9.17) is 23.2 Å². The summed E-state index contributed by atoms with van der Waals surface area (Å²) in [7, 11) is 1.70. The molecule has 0 unspecified atom stereocenters. The SMILES string of the molecule is CN(Cc1ccc(Cl)c(Cl)c1)C(=O)CCNC(=O)Nc1ccccc1. The topological polar surface area (TPSA) is 61.4 Å². The summed E-state index contributed by atoms with van der Waals surface area (Å²) in [5.74, 6) is -0.0777. The predicted octanol–water partition coefficient (Wildman–Crippen LogP) is 4.16. The van der Waals surface area contributed by atoms with Crippen LogP contribution in [0.15, 0.2) is 48.5 Å². The van der Waals surface area contributed by atoms with Crippen LogP contribution in [0.25, 0.3) is 0 Å². The molecule has 0 atom stereocenters. The molecule has 0 saturated carbocycles. The Hall–Kier alpha value is -2.24. The highest BCUT2D eigenvalue weighted by atomic mass is 35.5. The van der Waals surface area contributed by atoms with Crippen molar-refractivity contribution in [1.82, 2.24) is 10.2 Å². The third-order valence-electron chi connectivity index (χ3n) is 3.49. The molecular weight excluding hydrogens is 361 g/mol. The van der Waals surface area contributed by atoms with Gasteiger partial charge in [0.25, 0.3) is 0 Å². The molecule has 2 rings (SSSR count). The summed E-state index contributed by atoms with van der Waals surface area (Å²) in [6.07, 6.45) is 0.208. The molecule has 0 spiro atoms. The number of carbonyl (C=O) groups excluding carboxylic acids is 2. The van der Waals surface area contributed by atoms with Crippen molar-refractivity contribution in [2.45, 2.75) is 13.0 Å². The van der Waals surface area contributed by atoms with E-state index in [-0.39, 0.29) is 24.9 Å². The van der Waals surface area contributed by atoms with Gasteiger partial charge >= 0.3 is 6.03 Å². The lowest BCUT2D eigenvalue weighted by Crippen LogP contribution is -2.34. The second kappa shape index (κ2) is 9.30. The second-order valence-electron chi connectivity index (χ2n) is 5.50. The van der Waals surface area contributed by atoms with Gasteiger partial charge in [-0.15, -0.1) is 0 Å². The molecule has 0 aliphatic rings. The zero-order chi connectivity index (χ0) is 18.2. The van der Waals surface area contributed by atoms with Crippen molar-refractivity contribution in [2.75, 3.05) is 18.9 Å². The molecule has 25 heavy (non-hydrogen) atoms. The van der Waals surface area contributed by atoms with E-state index in [9.17, 15) is 9.59 Å². The smallest absolute Gasteiger partial charge is 0.319 e. The zero-order valence-electron chi connectivity index (χ0n) is 13.8. The van der Waals surface area contributed by atoms with Crippen LogP contribution < -0.4 is 10.6 Å². The number of hydrogen-bond acceptors (Lipinski definition) is 2. The molecule has 2 aromatic rings. The molecule has 0 radical (unpaired) electrons. The van der Waals surface area contributed by atoms with Crippen molar-refractivity contribution in [2.24, 2.45) is 0 Å². The zero-order valence-corrected chi connectivity index (χ0v) is 15.3. The number of benzene rings is 2. The number of amides is 3. The van der Waals surface area contributed by atoms with Crippen molar-refractivity contribution in [3.8, 4) is 0 Å². The molecule has 0 bridgehead atoms. The number of nitrogens with one attached hydrogen (secondary N) is 2. The minimum absolute atomic E-state index is 0.0777. The van der Waals surface area contributed by atoms with Gasteiger partial charge in [0.1, 0.15) is 0 Å². The molecule has 0 aromatic heterocycles. The van der Waals surface area contributed by atoms with Gasteiger partial charge in [-0.3, -0.25) is 4.79 Å². The summed E-state index contributed by atoms with van der Waals surface area (Å²) in [6, 6.07) is 14.0. The van der Waals surface area contributed by atoms with Crippen LogP contribution in [-0.2, 0) is 11.3 Å². The fraction of sp³-hybridized carbons (Fsp3) is 0.222. The van der Waals surface area contributed by atoms with E-state index in [1.54, 1.807) is 36.2 Å². The third-order valence-corrected chi connectivity index (χ3v) is 4.22. The highest BCUT2D eigenvalue weighted by Crippen LogP contribution is 2.23. The van der Waals surface area contributed by atoms with Crippen LogP contribution >= 0.6 is 23.2 Å². The van der Waals surface area contributed by atoms with E-state index < -0.39 is 0 Å². The monoisotopic (exact) mass is 379 g/mol. The number of hydrogen-bond donors (Lipinski definition) is 2. The predicted molar refractivity (Wildman–Crippen MR) is 101 cm³/mol. The van der Waals surface area contributed by atoms with Gasteiger partial charge in [-0.05, 0) is 29.8 Å². The minimum Gasteiger partial charge on any atom is -0.341 e. The van der Waals surface area contributed by atoms with Crippen LogP contribution in [0.4, 0.5) is 10.5 Å². The van der Waals surface area contributed by atoms with Gasteiger partial charge in [0.05, 0.1) is 10.0 Å². The molecule has 7 heteroatoms. The molecule has 3 amide bonds. The van der Waals surface area contributed by atoms with Gasteiger partial charge in [-0.25, -0.2) is 4.79 Å². The number of carbonyl (C=O) groups is 2. The van der Waals surface area contributed by atoms with Crippen molar-refractivity contribution < 1.29 is 9.59 Å². The average Bonchev–Trinajstić information content (AvgIpc) is 2.59. The van der Waals surface area contributed by atoms with Crippen LogP contribution in [-0.4, -0.2) is 30.4 Å². The standard InChI is InChI=1S/C18H19Cl2N3O2/c1-23(12-13-7-8-15(19)16(20)11-13)17(24)9-10-21-18(25)22-14-5-3-2-4-6-14/h2-8,11H,9-10,12H2,1H3,(H2,21,22,25). The summed E-state index contributed by atoms with van der Waals surface area (Å²) in [6.45, 7) is 0.676. The fourth-order valence-electron chi connectivity index (χ4n) is 2.17. The highest BCUT2D eigenvalue weighted by Gasteiger charge is 2.11. The Morgan fingerprint density at radius 1 is 1.04 bits per heavy atom. The number of urea groups is 1. The first-order valence-electron chi connectivity index (χ1n) is 7.73. The van der Waals surface area contributed by atoms with E-state index in [1.165, 1.54) is 0 Å². The quantitative estimate of drug-likeness (QED) is 0.791. The number of halogens is 2. The molecule has 2 aromatic carbocycles. The second-order valence-corrected chi connectivity index (χ2v) is 6.31. The van der Waals surface area contributed by atoms with Gasteiger partial charge in [0.2, 0.25) is 5.91 Å². The molecular formula is C18H19Cl2N3O2.